The Balaban J connectivity index is 1.49. The molecule has 0 fully saturated rings. The van der Waals surface area contributed by atoms with Gasteiger partial charge < -0.3 is 20.3 Å². The molecule has 35 heavy (non-hydrogen) atoms. The molecule has 0 bridgehead atoms. The van der Waals surface area contributed by atoms with Gasteiger partial charge in [0.15, 0.2) is 0 Å². The summed E-state index contributed by atoms with van der Waals surface area (Å²) < 4.78 is 5.36. The predicted octanol–water partition coefficient (Wildman–Crippen LogP) is 5.14. The number of nitro benzene ring substituents is 1. The normalized spacial score (nSPS) is 13.0. The number of aromatic hydroxyl groups is 1. The number of aliphatic carboxylic acids is 1. The number of nitrogens with zero attached hydrogens (tertiary/aromatic N) is 1. The van der Waals surface area contributed by atoms with Crippen molar-refractivity contribution in [3.8, 4) is 16.9 Å². The fourth-order valence-corrected chi connectivity index (χ4v) is 4.58. The molecule has 0 aliphatic heterocycles. The lowest BCUT2D eigenvalue weighted by molar-refractivity contribution is -0.384. The van der Waals surface area contributed by atoms with Crippen LogP contribution in [0.3, 0.4) is 0 Å². The molecule has 0 heterocycles. The number of fused-ring (bicyclic) bond motifs is 3. The van der Waals surface area contributed by atoms with Crippen LogP contribution in [0.2, 0.25) is 10.0 Å². The van der Waals surface area contributed by atoms with Crippen LogP contribution >= 0.6 is 23.2 Å². The van der Waals surface area contributed by atoms with E-state index in [1.165, 1.54) is 0 Å². The Bertz CT molecular complexity index is 1300. The van der Waals surface area contributed by atoms with Gasteiger partial charge in [0, 0.05) is 24.0 Å². The Morgan fingerprint density at radius 2 is 1.63 bits per heavy atom. The molecule has 9 nitrogen and oxygen atoms in total. The molecule has 1 atom stereocenters. The highest BCUT2D eigenvalue weighted by Gasteiger charge is 2.31. The number of carbonyl (C=O) groups is 2. The largest absolute Gasteiger partial charge is 0.506 e. The third-order valence-electron chi connectivity index (χ3n) is 5.80. The molecule has 1 aliphatic rings. The number of amides is 1. The molecule has 0 spiro atoms. The Kier molecular flexibility index (Phi) is 6.81. The fourth-order valence-electron chi connectivity index (χ4n) is 4.14. The van der Waals surface area contributed by atoms with E-state index in [1.807, 2.05) is 48.5 Å². The van der Waals surface area contributed by atoms with Gasteiger partial charge in [-0.05, 0) is 22.3 Å². The van der Waals surface area contributed by atoms with Crippen LogP contribution in [0.5, 0.6) is 5.75 Å². The zero-order chi connectivity index (χ0) is 25.3. The van der Waals surface area contributed by atoms with Crippen LogP contribution in [0.15, 0.2) is 54.6 Å². The lowest BCUT2D eigenvalue weighted by Gasteiger charge is -2.18. The quantitative estimate of drug-likeness (QED) is 0.291. The molecule has 180 valence electrons. The van der Waals surface area contributed by atoms with Crippen LogP contribution in [-0.4, -0.2) is 39.8 Å². The van der Waals surface area contributed by atoms with Gasteiger partial charge in [-0.1, -0.05) is 71.7 Å². The van der Waals surface area contributed by atoms with Gasteiger partial charge in [0.05, 0.1) is 4.92 Å². The molecule has 1 unspecified atom stereocenters. The number of phenolic OH excluding ortho intramolecular Hbond substituents is 1. The van der Waals surface area contributed by atoms with E-state index in [0.29, 0.717) is 0 Å². The van der Waals surface area contributed by atoms with Gasteiger partial charge in [-0.2, -0.15) is 0 Å². The topological polar surface area (TPSA) is 139 Å². The molecule has 3 N–H and O–H groups in total. The monoisotopic (exact) mass is 516 g/mol. The van der Waals surface area contributed by atoms with Crippen molar-refractivity contribution in [1.29, 1.82) is 0 Å². The van der Waals surface area contributed by atoms with Gasteiger partial charge in [0.25, 0.3) is 5.69 Å². The summed E-state index contributed by atoms with van der Waals surface area (Å²) in [6, 6.07) is 14.8. The number of nitrogens with one attached hydrogen (secondary N) is 1. The van der Waals surface area contributed by atoms with E-state index >= 15 is 0 Å². The number of halogens is 2. The first-order valence-electron chi connectivity index (χ1n) is 10.4. The van der Waals surface area contributed by atoms with E-state index in [4.69, 9.17) is 27.9 Å². The number of carboxylic acids is 1. The molecule has 0 saturated heterocycles. The summed E-state index contributed by atoms with van der Waals surface area (Å²) in [5.74, 6) is -2.27. The Labute approximate surface area is 209 Å². The summed E-state index contributed by atoms with van der Waals surface area (Å²) in [5, 5.41) is 32.2. The van der Waals surface area contributed by atoms with Crippen molar-refractivity contribution in [2.75, 3.05) is 6.61 Å². The number of hydrogen-bond acceptors (Lipinski definition) is 6. The first-order chi connectivity index (χ1) is 16.7. The van der Waals surface area contributed by atoms with Gasteiger partial charge in [0.1, 0.15) is 28.4 Å². The van der Waals surface area contributed by atoms with Gasteiger partial charge >= 0.3 is 12.1 Å². The third-order valence-corrected chi connectivity index (χ3v) is 6.64. The molecule has 3 aromatic carbocycles. The smallest absolute Gasteiger partial charge is 0.407 e. The molecule has 0 aromatic heterocycles. The number of nitro groups is 1. The Morgan fingerprint density at radius 1 is 1.06 bits per heavy atom. The van der Waals surface area contributed by atoms with Crippen molar-refractivity contribution in [1.82, 2.24) is 5.32 Å². The molecule has 3 aromatic rings. The number of carboxylic acid groups (broad SMARTS) is 1. The van der Waals surface area contributed by atoms with Crippen molar-refractivity contribution in [2.45, 2.75) is 18.4 Å². The summed E-state index contributed by atoms with van der Waals surface area (Å²) in [5.41, 5.74) is 3.29. The average molecular weight is 517 g/mol. The Morgan fingerprint density at radius 3 is 2.17 bits per heavy atom. The zero-order valence-electron chi connectivity index (χ0n) is 17.9. The summed E-state index contributed by atoms with van der Waals surface area (Å²) in [4.78, 5) is 34.6. The highest BCUT2D eigenvalue weighted by Crippen LogP contribution is 2.44. The molecule has 1 aliphatic carbocycles. The summed E-state index contributed by atoms with van der Waals surface area (Å²) in [6.07, 6.45) is -1.49. The highest BCUT2D eigenvalue weighted by molar-refractivity contribution is 6.44. The van der Waals surface area contributed by atoms with Crippen LogP contribution in [0.1, 0.15) is 22.6 Å². The maximum Gasteiger partial charge on any atom is 0.407 e. The molecule has 1 amide bonds. The minimum absolute atomic E-state index is 0.0320. The summed E-state index contributed by atoms with van der Waals surface area (Å²) in [6.45, 7) is -0.0320. The highest BCUT2D eigenvalue weighted by atomic mass is 35.5. The number of carbonyl (C=O) groups excluding carboxylic acids is 1. The SMILES string of the molecule is O=C(NC(Cc1cc([N+](=O)[O-])c(Cl)c(Cl)c1O)C(=O)O)OCC1c2ccccc2-c2ccccc21. The lowest BCUT2D eigenvalue weighted by atomic mass is 9.98. The van der Waals surface area contributed by atoms with E-state index in [9.17, 15) is 29.9 Å². The van der Waals surface area contributed by atoms with Gasteiger partial charge in [-0.25, -0.2) is 9.59 Å². The second-order valence-electron chi connectivity index (χ2n) is 7.85. The standard InChI is InChI=1S/C24H18Cl2N2O7/c25-20-19(28(33)34)10-12(22(29)21(20)26)9-18(23(30)31)27-24(32)35-11-17-15-7-3-1-5-13(15)14-6-2-4-8-16(14)17/h1-8,10,17-18,29H,9,11H2,(H,27,32)(H,30,31). The second kappa shape index (κ2) is 9.81. The number of hydrogen-bond donors (Lipinski definition) is 3. The predicted molar refractivity (Wildman–Crippen MR) is 128 cm³/mol. The minimum atomic E-state index is -1.56. The fraction of sp³-hybridized carbons (Fsp3) is 0.167. The van der Waals surface area contributed by atoms with Crippen molar-refractivity contribution in [3.05, 3.63) is 91.4 Å². The number of alkyl carbamates (subject to hydrolysis) is 1. The van der Waals surface area contributed by atoms with E-state index in [1.54, 1.807) is 0 Å². The average Bonchev–Trinajstić information content (AvgIpc) is 3.15. The van der Waals surface area contributed by atoms with Gasteiger partial charge in [0.2, 0.25) is 0 Å². The maximum absolute atomic E-state index is 12.5. The number of phenols is 1. The van der Waals surface area contributed by atoms with Gasteiger partial charge in [-0.3, -0.25) is 10.1 Å². The van der Waals surface area contributed by atoms with Crippen LogP contribution < -0.4 is 5.32 Å². The molecule has 11 heteroatoms. The molecular formula is C24H18Cl2N2O7. The first-order valence-corrected chi connectivity index (χ1v) is 11.1. The minimum Gasteiger partial charge on any atom is -0.506 e. The first kappa shape index (κ1) is 24.3. The lowest BCUT2D eigenvalue weighted by Crippen LogP contribution is -2.43. The molecule has 0 saturated carbocycles. The van der Waals surface area contributed by atoms with Crippen molar-refractivity contribution in [3.63, 3.8) is 0 Å². The number of benzene rings is 3. The van der Waals surface area contributed by atoms with Crippen molar-refractivity contribution in [2.24, 2.45) is 0 Å². The van der Waals surface area contributed by atoms with Crippen LogP contribution in [0.25, 0.3) is 11.1 Å². The Hall–Kier alpha value is -3.82. The molecule has 0 radical (unpaired) electrons. The molecule has 4 rings (SSSR count). The number of rotatable bonds is 7. The van der Waals surface area contributed by atoms with Crippen LogP contribution in [-0.2, 0) is 16.0 Å². The van der Waals surface area contributed by atoms with Crippen molar-refractivity contribution >= 4 is 41.0 Å². The molecular weight excluding hydrogens is 499 g/mol. The van der Waals surface area contributed by atoms with Crippen molar-refractivity contribution < 1.29 is 29.5 Å². The van der Waals surface area contributed by atoms with E-state index in [-0.39, 0.29) is 18.1 Å². The summed E-state index contributed by atoms with van der Waals surface area (Å²) in [7, 11) is 0. The second-order valence-corrected chi connectivity index (χ2v) is 8.61. The van der Waals surface area contributed by atoms with E-state index in [2.05, 4.69) is 5.32 Å². The van der Waals surface area contributed by atoms with Crippen LogP contribution in [0, 0.1) is 10.1 Å². The van der Waals surface area contributed by atoms with E-state index < -0.39 is 50.9 Å². The van der Waals surface area contributed by atoms with Crippen LogP contribution in [0.4, 0.5) is 10.5 Å². The maximum atomic E-state index is 12.5. The zero-order valence-corrected chi connectivity index (χ0v) is 19.4. The summed E-state index contributed by atoms with van der Waals surface area (Å²) >= 11 is 11.6. The van der Waals surface area contributed by atoms with E-state index in [0.717, 1.165) is 28.3 Å². The van der Waals surface area contributed by atoms with Gasteiger partial charge in [-0.15, -0.1) is 0 Å². The third kappa shape index (κ3) is 4.73. The number of ether oxygens (including phenoxy) is 1.